The zero-order chi connectivity index (χ0) is 16.5. The van der Waals surface area contributed by atoms with Crippen molar-refractivity contribution in [2.24, 2.45) is 0 Å². The van der Waals surface area contributed by atoms with Crippen molar-refractivity contribution in [1.29, 1.82) is 0 Å². The second-order valence-corrected chi connectivity index (χ2v) is 5.48. The van der Waals surface area contributed by atoms with Crippen molar-refractivity contribution in [3.63, 3.8) is 0 Å². The van der Waals surface area contributed by atoms with Gasteiger partial charge in [-0.3, -0.25) is 9.80 Å². The van der Waals surface area contributed by atoms with Gasteiger partial charge in [0.25, 0.3) is 0 Å². The van der Waals surface area contributed by atoms with Gasteiger partial charge in [0.15, 0.2) is 0 Å². The Morgan fingerprint density at radius 3 is 2.32 bits per heavy atom. The van der Waals surface area contributed by atoms with Crippen molar-refractivity contribution in [3.8, 4) is 5.75 Å². The smallest absolute Gasteiger partial charge is 0.120 e. The van der Waals surface area contributed by atoms with Crippen LogP contribution in [-0.4, -0.2) is 82.3 Å². The molecule has 0 aliphatic rings. The maximum absolute atomic E-state index is 9.83. The third-order valence-electron chi connectivity index (χ3n) is 3.99. The van der Waals surface area contributed by atoms with Gasteiger partial charge in [-0.2, -0.15) is 0 Å². The van der Waals surface area contributed by atoms with Gasteiger partial charge in [0.1, 0.15) is 5.75 Å². The predicted octanol–water partition coefficient (Wildman–Crippen LogP) is -0.140. The lowest BCUT2D eigenvalue weighted by Gasteiger charge is -2.31. The minimum Gasteiger partial charge on any atom is -0.508 e. The first-order chi connectivity index (χ1) is 10.5. The second-order valence-electron chi connectivity index (χ2n) is 5.48. The highest BCUT2D eigenvalue weighted by Gasteiger charge is 2.22. The van der Waals surface area contributed by atoms with Crippen LogP contribution in [0.1, 0.15) is 12.5 Å². The van der Waals surface area contributed by atoms with Gasteiger partial charge in [-0.05, 0) is 19.7 Å². The van der Waals surface area contributed by atoms with E-state index >= 15 is 0 Å². The van der Waals surface area contributed by atoms with Crippen LogP contribution in [0.3, 0.4) is 0 Å². The molecule has 0 bridgehead atoms. The molecule has 1 aromatic rings. The molecule has 0 aliphatic heterocycles. The summed E-state index contributed by atoms with van der Waals surface area (Å²) in [5.74, 6) is 0.290. The number of likely N-dealkylation sites (N-methyl/N-ethyl adjacent to an activating group) is 2. The number of aromatic hydroxyl groups is 1. The summed E-state index contributed by atoms with van der Waals surface area (Å²) >= 11 is 0. The molecule has 0 aliphatic carbocycles. The lowest BCUT2D eigenvalue weighted by Crippen LogP contribution is -2.48. The standard InChI is InChI=1S/C16H28N2O4/c1-3-18(10-13-6-4-5-7-15(13)21)9-8-17(2)14(11-19)16(22)12-20/h4-7,14,16,19-22H,3,8-12H2,1-2H3/t14-,16-/m1/s1. The fraction of sp³-hybridized carbons (Fsp3) is 0.625. The largest absolute Gasteiger partial charge is 0.508 e. The maximum atomic E-state index is 9.83. The van der Waals surface area contributed by atoms with E-state index < -0.39 is 12.1 Å². The minimum atomic E-state index is -0.955. The van der Waals surface area contributed by atoms with Crippen molar-refractivity contribution in [2.75, 3.05) is 39.9 Å². The number of aliphatic hydroxyl groups is 3. The molecule has 0 radical (unpaired) electrons. The van der Waals surface area contributed by atoms with Crippen molar-refractivity contribution in [2.45, 2.75) is 25.6 Å². The summed E-state index contributed by atoms with van der Waals surface area (Å²) in [6, 6.07) is 6.79. The zero-order valence-electron chi connectivity index (χ0n) is 13.4. The fourth-order valence-electron chi connectivity index (χ4n) is 2.38. The Hall–Kier alpha value is -1.18. The van der Waals surface area contributed by atoms with Gasteiger partial charge in [-0.15, -0.1) is 0 Å². The molecule has 0 heterocycles. The zero-order valence-corrected chi connectivity index (χ0v) is 13.4. The minimum absolute atomic E-state index is 0.205. The molecule has 1 rings (SSSR count). The van der Waals surface area contributed by atoms with Crippen LogP contribution in [0.5, 0.6) is 5.75 Å². The fourth-order valence-corrected chi connectivity index (χ4v) is 2.38. The molecule has 0 fully saturated rings. The Bertz CT molecular complexity index is 430. The third kappa shape index (κ3) is 5.55. The molecule has 126 valence electrons. The van der Waals surface area contributed by atoms with Gasteiger partial charge in [0.2, 0.25) is 0 Å². The molecule has 0 unspecified atom stereocenters. The molecule has 6 heteroatoms. The number of benzene rings is 1. The van der Waals surface area contributed by atoms with E-state index in [0.717, 1.165) is 18.7 Å². The van der Waals surface area contributed by atoms with E-state index in [-0.39, 0.29) is 13.2 Å². The predicted molar refractivity (Wildman–Crippen MR) is 85.7 cm³/mol. The first kappa shape index (κ1) is 18.9. The Morgan fingerprint density at radius 1 is 1.09 bits per heavy atom. The second kappa shape index (κ2) is 9.76. The van der Waals surface area contributed by atoms with Gasteiger partial charge >= 0.3 is 0 Å². The molecule has 0 saturated heterocycles. The van der Waals surface area contributed by atoms with Crippen LogP contribution >= 0.6 is 0 Å². The first-order valence-electron chi connectivity index (χ1n) is 7.62. The van der Waals surface area contributed by atoms with E-state index in [1.807, 2.05) is 31.0 Å². The van der Waals surface area contributed by atoms with Crippen LogP contribution in [0.15, 0.2) is 24.3 Å². The molecule has 22 heavy (non-hydrogen) atoms. The number of phenolic OH excluding ortho intramolecular Hbond substituents is 1. The van der Waals surface area contributed by atoms with Crippen molar-refractivity contribution in [3.05, 3.63) is 29.8 Å². The number of rotatable bonds is 10. The van der Waals surface area contributed by atoms with Crippen LogP contribution in [0.4, 0.5) is 0 Å². The van der Waals surface area contributed by atoms with Gasteiger partial charge < -0.3 is 20.4 Å². The highest BCUT2D eigenvalue weighted by atomic mass is 16.3. The normalized spacial score (nSPS) is 14.5. The van der Waals surface area contributed by atoms with E-state index in [4.69, 9.17) is 5.11 Å². The monoisotopic (exact) mass is 312 g/mol. The average Bonchev–Trinajstić information content (AvgIpc) is 2.53. The molecule has 0 amide bonds. The number of hydrogen-bond acceptors (Lipinski definition) is 6. The van der Waals surface area contributed by atoms with Crippen molar-refractivity contribution < 1.29 is 20.4 Å². The molecule has 0 saturated carbocycles. The molecular formula is C16H28N2O4. The quantitative estimate of drug-likeness (QED) is 0.481. The molecule has 0 aromatic heterocycles. The Labute approximate surface area is 132 Å². The van der Waals surface area contributed by atoms with Gasteiger partial charge in [0, 0.05) is 25.2 Å². The van der Waals surface area contributed by atoms with Crippen LogP contribution < -0.4 is 0 Å². The number of nitrogens with zero attached hydrogens (tertiary/aromatic N) is 2. The maximum Gasteiger partial charge on any atom is 0.120 e. The summed E-state index contributed by atoms with van der Waals surface area (Å²) in [4.78, 5) is 4.01. The van der Waals surface area contributed by atoms with Gasteiger partial charge in [-0.1, -0.05) is 25.1 Å². The summed E-state index contributed by atoms with van der Waals surface area (Å²) in [6.45, 7) is 4.32. The topological polar surface area (TPSA) is 87.4 Å². The van der Waals surface area contributed by atoms with Crippen molar-refractivity contribution >= 4 is 0 Å². The lowest BCUT2D eigenvalue weighted by atomic mass is 10.1. The molecule has 4 N–H and O–H groups in total. The summed E-state index contributed by atoms with van der Waals surface area (Å²) < 4.78 is 0. The third-order valence-corrected chi connectivity index (χ3v) is 3.99. The van der Waals surface area contributed by atoms with Gasteiger partial charge in [-0.25, -0.2) is 0 Å². The Balaban J connectivity index is 2.54. The summed E-state index contributed by atoms with van der Waals surface area (Å²) in [5, 5.41) is 37.9. The van der Waals surface area contributed by atoms with E-state index in [0.29, 0.717) is 18.8 Å². The average molecular weight is 312 g/mol. The van der Waals surface area contributed by atoms with E-state index in [1.54, 1.807) is 12.1 Å². The van der Waals surface area contributed by atoms with Crippen LogP contribution in [0, 0.1) is 0 Å². The van der Waals surface area contributed by atoms with Crippen LogP contribution in [-0.2, 0) is 6.54 Å². The SMILES string of the molecule is CCN(CCN(C)[C@H](CO)[C@H](O)CO)Cc1ccccc1O. The number of hydrogen-bond donors (Lipinski definition) is 4. The first-order valence-corrected chi connectivity index (χ1v) is 7.62. The number of para-hydroxylation sites is 1. The van der Waals surface area contributed by atoms with Crippen LogP contribution in [0.25, 0.3) is 0 Å². The van der Waals surface area contributed by atoms with E-state index in [9.17, 15) is 15.3 Å². The number of phenols is 1. The summed E-state index contributed by atoms with van der Waals surface area (Å²) in [7, 11) is 1.81. The number of aliphatic hydroxyl groups excluding tert-OH is 3. The Morgan fingerprint density at radius 2 is 1.77 bits per heavy atom. The highest BCUT2D eigenvalue weighted by Crippen LogP contribution is 2.17. The lowest BCUT2D eigenvalue weighted by molar-refractivity contribution is -0.00628. The molecule has 1 aromatic carbocycles. The van der Waals surface area contributed by atoms with Crippen molar-refractivity contribution in [1.82, 2.24) is 9.80 Å². The van der Waals surface area contributed by atoms with Gasteiger partial charge in [0.05, 0.1) is 25.4 Å². The van der Waals surface area contributed by atoms with Crippen LogP contribution in [0.2, 0.25) is 0 Å². The molecular weight excluding hydrogens is 284 g/mol. The summed E-state index contributed by atoms with van der Waals surface area (Å²) in [5.41, 5.74) is 0.876. The van der Waals surface area contributed by atoms with E-state index in [2.05, 4.69) is 4.90 Å². The molecule has 2 atom stereocenters. The highest BCUT2D eigenvalue weighted by molar-refractivity contribution is 5.31. The Kier molecular flexibility index (Phi) is 8.37. The summed E-state index contributed by atoms with van der Waals surface area (Å²) in [6.07, 6.45) is -0.955. The van der Waals surface area contributed by atoms with E-state index in [1.165, 1.54) is 0 Å². The molecule has 6 nitrogen and oxygen atoms in total. The molecule has 0 spiro atoms.